The molecule has 0 aromatic heterocycles. The Bertz CT molecular complexity index is 750. The third-order valence-corrected chi connectivity index (χ3v) is 3.39. The Kier molecular flexibility index (Phi) is 4.01. The van der Waals surface area contributed by atoms with Gasteiger partial charge in [-0.3, -0.25) is 15.2 Å². The van der Waals surface area contributed by atoms with E-state index in [1.807, 2.05) is 53.5 Å². The number of rotatable bonds is 4. The van der Waals surface area contributed by atoms with Crippen LogP contribution in [0.5, 0.6) is 0 Å². The van der Waals surface area contributed by atoms with E-state index in [1.54, 1.807) is 19.3 Å². The van der Waals surface area contributed by atoms with Gasteiger partial charge in [-0.15, -0.1) is 0 Å². The summed E-state index contributed by atoms with van der Waals surface area (Å²) >= 11 is 0. The van der Waals surface area contributed by atoms with E-state index in [2.05, 4.69) is 16.5 Å². The van der Waals surface area contributed by atoms with E-state index in [9.17, 15) is 4.79 Å². The van der Waals surface area contributed by atoms with Crippen LogP contribution < -0.4 is 5.43 Å². The molecule has 1 aliphatic heterocycles. The van der Waals surface area contributed by atoms with E-state index < -0.39 is 0 Å². The summed E-state index contributed by atoms with van der Waals surface area (Å²) in [5.74, 6) is 0.0308. The van der Waals surface area contributed by atoms with Crippen LogP contribution in [0.15, 0.2) is 59.6 Å². The number of nitrogens with zero attached hydrogens (tertiary/aromatic N) is 2. The maximum atomic E-state index is 11.1. The van der Waals surface area contributed by atoms with Crippen molar-refractivity contribution in [3.63, 3.8) is 0 Å². The molecule has 4 nitrogen and oxygen atoms in total. The Morgan fingerprint density at radius 2 is 1.95 bits per heavy atom. The largest absolute Gasteiger partial charge is 0.297 e. The number of hydrazine groups is 1. The van der Waals surface area contributed by atoms with E-state index in [0.29, 0.717) is 0 Å². The fraction of sp³-hybridized carbons (Fsp3) is 0.111. The minimum absolute atomic E-state index is 0.0308. The predicted octanol–water partition coefficient (Wildman–Crippen LogP) is 3.79. The van der Waals surface area contributed by atoms with Crippen molar-refractivity contribution in [3.8, 4) is 0 Å². The molecule has 4 heteroatoms. The number of aliphatic imine (C=N–C) groups is 1. The zero-order valence-electron chi connectivity index (χ0n) is 12.4. The Labute approximate surface area is 129 Å². The third kappa shape index (κ3) is 3.23. The van der Waals surface area contributed by atoms with E-state index in [0.717, 1.165) is 23.5 Å². The van der Waals surface area contributed by atoms with Crippen LogP contribution in [0.4, 0.5) is 11.4 Å². The second-order valence-electron chi connectivity index (χ2n) is 5.14. The summed E-state index contributed by atoms with van der Waals surface area (Å²) in [6.45, 7) is 2.28. The lowest BCUT2D eigenvalue weighted by Crippen LogP contribution is -2.30. The molecule has 22 heavy (non-hydrogen) atoms. The first kappa shape index (κ1) is 14.1. The monoisotopic (exact) mass is 291 g/mol. The number of hydrogen-bond acceptors (Lipinski definition) is 4. The number of fused-ring (bicyclic) bond motifs is 1. The van der Waals surface area contributed by atoms with Crippen molar-refractivity contribution >= 4 is 29.6 Å². The van der Waals surface area contributed by atoms with Crippen molar-refractivity contribution in [1.29, 1.82) is 0 Å². The van der Waals surface area contributed by atoms with Gasteiger partial charge >= 0.3 is 0 Å². The highest BCUT2D eigenvalue weighted by Crippen LogP contribution is 2.25. The minimum Gasteiger partial charge on any atom is -0.297 e. The van der Waals surface area contributed by atoms with Gasteiger partial charge in [0.2, 0.25) is 0 Å². The van der Waals surface area contributed by atoms with Crippen LogP contribution >= 0.6 is 0 Å². The summed E-state index contributed by atoms with van der Waals surface area (Å²) in [6, 6.07) is 15.9. The van der Waals surface area contributed by atoms with Crippen molar-refractivity contribution in [2.24, 2.45) is 4.99 Å². The van der Waals surface area contributed by atoms with Gasteiger partial charge in [-0.05, 0) is 42.3 Å². The highest BCUT2D eigenvalue weighted by atomic mass is 16.1. The molecule has 0 atom stereocenters. The van der Waals surface area contributed by atoms with Gasteiger partial charge in [-0.1, -0.05) is 36.4 Å². The number of anilines is 1. The molecule has 3 rings (SSSR count). The molecule has 110 valence electrons. The number of carbonyl (C=O) groups excluding carboxylic acids is 1. The maximum Gasteiger partial charge on any atom is 0.152 e. The van der Waals surface area contributed by atoms with Crippen LogP contribution in [0, 0.1) is 0 Å². The number of nitrogens with one attached hydrogen (secondary N) is 1. The Morgan fingerprint density at radius 1 is 1.18 bits per heavy atom. The maximum absolute atomic E-state index is 11.1. The van der Waals surface area contributed by atoms with Crippen LogP contribution in [0.2, 0.25) is 0 Å². The van der Waals surface area contributed by atoms with Crippen molar-refractivity contribution in [1.82, 2.24) is 5.01 Å². The van der Waals surface area contributed by atoms with Gasteiger partial charge < -0.3 is 0 Å². The Hall–Kier alpha value is -2.88. The molecule has 0 amide bonds. The van der Waals surface area contributed by atoms with Crippen molar-refractivity contribution in [2.45, 2.75) is 13.5 Å². The molecule has 0 unspecified atom stereocenters. The molecular formula is C18H17N3O. The Balaban J connectivity index is 1.79. The number of hydrogen-bond donors (Lipinski definition) is 1. The molecule has 1 heterocycles. The van der Waals surface area contributed by atoms with Crippen LogP contribution in [-0.4, -0.2) is 17.1 Å². The molecule has 1 aliphatic rings. The lowest BCUT2D eigenvalue weighted by molar-refractivity contribution is -0.112. The number of carbonyl (C=O) groups is 1. The van der Waals surface area contributed by atoms with Crippen LogP contribution in [0.1, 0.15) is 18.1 Å². The van der Waals surface area contributed by atoms with E-state index in [1.165, 1.54) is 5.56 Å². The number of ketones is 1. The molecule has 0 radical (unpaired) electrons. The molecule has 0 aliphatic carbocycles. The smallest absolute Gasteiger partial charge is 0.152 e. The highest BCUT2D eigenvalue weighted by Gasteiger charge is 2.11. The van der Waals surface area contributed by atoms with E-state index >= 15 is 0 Å². The molecule has 0 spiro atoms. The standard InChI is InChI=1S/C18H17N3O/c1-14(22)10-11-15-6-2-5-9-18(15)20-21-12-16-7-3-4-8-17(16)19-13-21/h2-11,13,20H,12H2,1H3. The summed E-state index contributed by atoms with van der Waals surface area (Å²) in [5.41, 5.74) is 7.41. The lowest BCUT2D eigenvalue weighted by atomic mass is 10.1. The van der Waals surface area contributed by atoms with Crippen molar-refractivity contribution < 1.29 is 4.79 Å². The summed E-state index contributed by atoms with van der Waals surface area (Å²) < 4.78 is 0. The number of benzene rings is 2. The fourth-order valence-electron chi connectivity index (χ4n) is 2.30. The van der Waals surface area contributed by atoms with Crippen molar-refractivity contribution in [3.05, 3.63) is 65.7 Å². The summed E-state index contributed by atoms with van der Waals surface area (Å²) in [4.78, 5) is 15.6. The van der Waals surface area contributed by atoms with Gasteiger partial charge in [0, 0.05) is 0 Å². The van der Waals surface area contributed by atoms with E-state index in [-0.39, 0.29) is 5.78 Å². The topological polar surface area (TPSA) is 44.7 Å². The molecule has 1 N–H and O–H groups in total. The predicted molar refractivity (Wildman–Crippen MR) is 89.9 cm³/mol. The highest BCUT2D eigenvalue weighted by molar-refractivity contribution is 5.92. The van der Waals surface area contributed by atoms with Gasteiger partial charge in [0.05, 0.1) is 17.9 Å². The molecule has 2 aromatic rings. The summed E-state index contributed by atoms with van der Waals surface area (Å²) in [7, 11) is 0. The van der Waals surface area contributed by atoms with Gasteiger partial charge in [-0.25, -0.2) is 4.99 Å². The quantitative estimate of drug-likeness (QED) is 0.872. The average molecular weight is 291 g/mol. The first-order chi connectivity index (χ1) is 10.7. The summed E-state index contributed by atoms with van der Waals surface area (Å²) in [5, 5.41) is 1.93. The van der Waals surface area contributed by atoms with Crippen LogP contribution in [0.3, 0.4) is 0 Å². The molecule has 0 saturated heterocycles. The molecule has 0 bridgehead atoms. The number of para-hydroxylation sites is 2. The molecular weight excluding hydrogens is 274 g/mol. The lowest BCUT2D eigenvalue weighted by Gasteiger charge is -2.26. The second kappa shape index (κ2) is 6.26. The molecule has 0 saturated carbocycles. The summed E-state index contributed by atoms with van der Waals surface area (Å²) in [6.07, 6.45) is 5.17. The third-order valence-electron chi connectivity index (χ3n) is 3.39. The minimum atomic E-state index is 0.0308. The molecule has 0 fully saturated rings. The van der Waals surface area contributed by atoms with Crippen molar-refractivity contribution in [2.75, 3.05) is 5.43 Å². The zero-order chi connectivity index (χ0) is 15.4. The first-order valence-corrected chi connectivity index (χ1v) is 7.15. The van der Waals surface area contributed by atoms with Gasteiger partial charge in [0.25, 0.3) is 0 Å². The van der Waals surface area contributed by atoms with E-state index in [4.69, 9.17) is 0 Å². The van der Waals surface area contributed by atoms with Gasteiger partial charge in [-0.2, -0.15) is 0 Å². The van der Waals surface area contributed by atoms with Crippen LogP contribution in [-0.2, 0) is 11.3 Å². The van der Waals surface area contributed by atoms with Crippen LogP contribution in [0.25, 0.3) is 6.08 Å². The average Bonchev–Trinajstić information content (AvgIpc) is 2.54. The SMILES string of the molecule is CC(=O)C=Cc1ccccc1NN1C=Nc2ccccc2C1. The fourth-order valence-corrected chi connectivity index (χ4v) is 2.30. The first-order valence-electron chi connectivity index (χ1n) is 7.15. The zero-order valence-corrected chi connectivity index (χ0v) is 12.4. The van der Waals surface area contributed by atoms with Gasteiger partial charge in [0.1, 0.15) is 6.34 Å². The Morgan fingerprint density at radius 3 is 2.82 bits per heavy atom. The van der Waals surface area contributed by atoms with Gasteiger partial charge in [0.15, 0.2) is 5.78 Å². The molecule has 2 aromatic carbocycles. The normalized spacial score (nSPS) is 13.2. The second-order valence-corrected chi connectivity index (χ2v) is 5.14. The number of allylic oxidation sites excluding steroid dienone is 1.